The average Bonchev–Trinajstić information content (AvgIpc) is 2.49. The topological polar surface area (TPSA) is 69.4 Å². The lowest BCUT2D eigenvalue weighted by molar-refractivity contribution is 0.118. The fraction of sp³-hybridized carbons (Fsp3) is 1.00. The number of nitrogens with two attached hydrogens (primary N) is 1. The van der Waals surface area contributed by atoms with Gasteiger partial charge in [0.2, 0.25) is 0 Å². The Kier molecular flexibility index (Phi) is 4.55. The fourth-order valence-electron chi connectivity index (χ4n) is 1.97. The molecule has 0 aromatic rings. The van der Waals surface area contributed by atoms with Gasteiger partial charge in [-0.05, 0) is 32.1 Å². The van der Waals surface area contributed by atoms with E-state index in [4.69, 9.17) is 10.5 Å². The molecule has 1 heterocycles. The minimum atomic E-state index is -2.84. The monoisotopic (exact) mass is 235 g/mol. The van der Waals surface area contributed by atoms with Crippen LogP contribution in [0.2, 0.25) is 0 Å². The smallest absolute Gasteiger partial charge is 0.147 e. The van der Waals surface area contributed by atoms with E-state index in [1.165, 1.54) is 6.26 Å². The predicted molar refractivity (Wildman–Crippen MR) is 60.4 cm³/mol. The molecule has 0 spiro atoms. The number of ether oxygens (including phenoxy) is 1. The molecule has 4 nitrogen and oxygen atoms in total. The maximum atomic E-state index is 10.9. The molecule has 0 radical (unpaired) electrons. The molecule has 1 aliphatic rings. The molecule has 0 aromatic heterocycles. The van der Waals surface area contributed by atoms with Gasteiger partial charge in [-0.2, -0.15) is 0 Å². The van der Waals surface area contributed by atoms with Gasteiger partial charge in [0, 0.05) is 18.1 Å². The molecule has 90 valence electrons. The molecule has 1 aliphatic heterocycles. The van der Waals surface area contributed by atoms with Crippen molar-refractivity contribution in [2.75, 3.05) is 18.6 Å². The van der Waals surface area contributed by atoms with Crippen LogP contribution in [-0.2, 0) is 14.6 Å². The van der Waals surface area contributed by atoms with E-state index >= 15 is 0 Å². The van der Waals surface area contributed by atoms with Crippen molar-refractivity contribution >= 4 is 9.84 Å². The Labute approximate surface area is 92.1 Å². The molecule has 0 aliphatic carbocycles. The van der Waals surface area contributed by atoms with Crippen LogP contribution in [0.5, 0.6) is 0 Å². The highest BCUT2D eigenvalue weighted by molar-refractivity contribution is 7.90. The second-order valence-corrected chi connectivity index (χ2v) is 6.84. The van der Waals surface area contributed by atoms with Crippen molar-refractivity contribution in [2.45, 2.75) is 38.3 Å². The number of hydrogen-bond acceptors (Lipinski definition) is 4. The first-order valence-electron chi connectivity index (χ1n) is 5.43. The van der Waals surface area contributed by atoms with E-state index in [0.29, 0.717) is 18.4 Å². The van der Waals surface area contributed by atoms with E-state index in [9.17, 15) is 8.42 Å². The van der Waals surface area contributed by atoms with Crippen LogP contribution in [0.4, 0.5) is 0 Å². The number of rotatable bonds is 5. The van der Waals surface area contributed by atoms with Crippen LogP contribution >= 0.6 is 0 Å². The Morgan fingerprint density at radius 3 is 2.67 bits per heavy atom. The zero-order valence-corrected chi connectivity index (χ0v) is 10.3. The lowest BCUT2D eigenvalue weighted by Crippen LogP contribution is -2.31. The summed E-state index contributed by atoms with van der Waals surface area (Å²) in [5.74, 6) is 0.642. The van der Waals surface area contributed by atoms with Gasteiger partial charge in [0.25, 0.3) is 0 Å². The third-order valence-electron chi connectivity index (χ3n) is 2.89. The Morgan fingerprint density at radius 2 is 2.20 bits per heavy atom. The zero-order chi connectivity index (χ0) is 11.5. The van der Waals surface area contributed by atoms with Crippen molar-refractivity contribution < 1.29 is 13.2 Å². The van der Waals surface area contributed by atoms with Crippen molar-refractivity contribution in [3.63, 3.8) is 0 Å². The summed E-state index contributed by atoms with van der Waals surface area (Å²) in [5, 5.41) is 0. The summed E-state index contributed by atoms with van der Waals surface area (Å²) in [4.78, 5) is 0. The molecule has 0 aromatic carbocycles. The first kappa shape index (κ1) is 12.9. The maximum absolute atomic E-state index is 10.9. The van der Waals surface area contributed by atoms with Crippen LogP contribution in [0.25, 0.3) is 0 Å². The largest absolute Gasteiger partial charge is 0.378 e. The van der Waals surface area contributed by atoms with Crippen molar-refractivity contribution in [3.05, 3.63) is 0 Å². The highest BCUT2D eigenvalue weighted by atomic mass is 32.2. The summed E-state index contributed by atoms with van der Waals surface area (Å²) in [6.45, 7) is 2.77. The van der Waals surface area contributed by atoms with Crippen LogP contribution in [0.15, 0.2) is 0 Å². The van der Waals surface area contributed by atoms with Gasteiger partial charge in [0.15, 0.2) is 0 Å². The second kappa shape index (κ2) is 5.27. The molecular formula is C10H21NO3S. The normalized spacial score (nSPS) is 29.3. The third kappa shape index (κ3) is 4.95. The molecule has 3 unspecified atom stereocenters. The van der Waals surface area contributed by atoms with E-state index in [1.807, 2.05) is 6.92 Å². The lowest BCUT2D eigenvalue weighted by atomic mass is 9.94. The summed E-state index contributed by atoms with van der Waals surface area (Å²) >= 11 is 0. The van der Waals surface area contributed by atoms with Gasteiger partial charge in [0.1, 0.15) is 9.84 Å². The van der Waals surface area contributed by atoms with Crippen molar-refractivity contribution in [1.82, 2.24) is 0 Å². The highest BCUT2D eigenvalue weighted by Gasteiger charge is 2.27. The molecule has 5 heteroatoms. The van der Waals surface area contributed by atoms with E-state index in [-0.39, 0.29) is 11.8 Å². The van der Waals surface area contributed by atoms with E-state index in [2.05, 4.69) is 0 Å². The second-order valence-electron chi connectivity index (χ2n) is 4.58. The Bertz CT molecular complexity index is 289. The van der Waals surface area contributed by atoms with Crippen LogP contribution in [0.1, 0.15) is 26.2 Å². The summed E-state index contributed by atoms with van der Waals surface area (Å²) in [5.41, 5.74) is 6.00. The Morgan fingerprint density at radius 1 is 1.53 bits per heavy atom. The van der Waals surface area contributed by atoms with Crippen LogP contribution in [0, 0.1) is 5.92 Å². The van der Waals surface area contributed by atoms with Gasteiger partial charge in [0.05, 0.1) is 12.7 Å². The Balaban J connectivity index is 2.22. The van der Waals surface area contributed by atoms with Crippen LogP contribution in [-0.4, -0.2) is 39.2 Å². The molecule has 0 amide bonds. The number of sulfone groups is 1. The molecule has 0 bridgehead atoms. The van der Waals surface area contributed by atoms with Gasteiger partial charge in [-0.25, -0.2) is 8.42 Å². The first-order chi connectivity index (χ1) is 6.88. The zero-order valence-electron chi connectivity index (χ0n) is 9.48. The summed E-state index contributed by atoms with van der Waals surface area (Å²) in [6, 6.07) is 0.0803. The van der Waals surface area contributed by atoms with Crippen molar-refractivity contribution in [3.8, 4) is 0 Å². The lowest BCUT2D eigenvalue weighted by Gasteiger charge is -2.17. The minimum Gasteiger partial charge on any atom is -0.378 e. The van der Waals surface area contributed by atoms with E-state index in [1.54, 1.807) is 0 Å². The van der Waals surface area contributed by atoms with Gasteiger partial charge < -0.3 is 10.5 Å². The van der Waals surface area contributed by atoms with E-state index in [0.717, 1.165) is 19.4 Å². The SMILES string of the molecule is CC1CC(C(N)CCCS(C)(=O)=O)CO1. The molecule has 2 N–H and O–H groups in total. The Hall–Kier alpha value is -0.130. The van der Waals surface area contributed by atoms with Gasteiger partial charge >= 0.3 is 0 Å². The van der Waals surface area contributed by atoms with Crippen molar-refractivity contribution in [1.29, 1.82) is 0 Å². The molecule has 1 fully saturated rings. The number of hydrogen-bond donors (Lipinski definition) is 1. The summed E-state index contributed by atoms with van der Waals surface area (Å²) in [7, 11) is -2.84. The van der Waals surface area contributed by atoms with Gasteiger partial charge in [-0.3, -0.25) is 0 Å². The minimum absolute atomic E-state index is 0.0803. The first-order valence-corrected chi connectivity index (χ1v) is 7.49. The van der Waals surface area contributed by atoms with Gasteiger partial charge in [-0.1, -0.05) is 0 Å². The van der Waals surface area contributed by atoms with Crippen LogP contribution in [0.3, 0.4) is 0 Å². The maximum Gasteiger partial charge on any atom is 0.147 e. The molecule has 1 rings (SSSR count). The molecule has 0 saturated carbocycles. The van der Waals surface area contributed by atoms with Crippen molar-refractivity contribution in [2.24, 2.45) is 11.7 Å². The average molecular weight is 235 g/mol. The van der Waals surface area contributed by atoms with Gasteiger partial charge in [-0.15, -0.1) is 0 Å². The molecule has 1 saturated heterocycles. The highest BCUT2D eigenvalue weighted by Crippen LogP contribution is 2.23. The molecular weight excluding hydrogens is 214 g/mol. The van der Waals surface area contributed by atoms with Crippen LogP contribution < -0.4 is 5.73 Å². The molecule has 3 atom stereocenters. The predicted octanol–water partition coefficient (Wildman–Crippen LogP) is 0.563. The third-order valence-corrected chi connectivity index (χ3v) is 3.92. The standard InChI is InChI=1S/C10H21NO3S/c1-8-6-9(7-14-8)10(11)4-3-5-15(2,12)13/h8-10H,3-7,11H2,1-2H3. The van der Waals surface area contributed by atoms with E-state index < -0.39 is 9.84 Å². The molecule has 15 heavy (non-hydrogen) atoms. The quantitative estimate of drug-likeness (QED) is 0.756. The summed E-state index contributed by atoms with van der Waals surface area (Å²) in [6.07, 6.45) is 3.99. The fourth-order valence-corrected chi connectivity index (χ4v) is 2.66. The summed E-state index contributed by atoms with van der Waals surface area (Å²) < 4.78 is 27.3.